The Morgan fingerprint density at radius 2 is 1.75 bits per heavy atom. The van der Waals surface area contributed by atoms with Crippen molar-refractivity contribution in [2.75, 3.05) is 13.6 Å². The van der Waals surface area contributed by atoms with Crippen LogP contribution in [0.2, 0.25) is 0 Å². The fraction of sp³-hybridized carbons (Fsp3) is 0.683. The van der Waals surface area contributed by atoms with Gasteiger partial charge < -0.3 is 19.1 Å². The van der Waals surface area contributed by atoms with Gasteiger partial charge in [0.15, 0.2) is 5.78 Å². The summed E-state index contributed by atoms with van der Waals surface area (Å²) in [7, 11) is -6.82. The third kappa shape index (κ3) is 8.75. The number of fused-ring (bicyclic) bond motifs is 3. The molecule has 0 spiro atoms. The predicted octanol–water partition coefficient (Wildman–Crippen LogP) is 6.68. The molecule has 1 N–H and O–H groups in total. The maximum atomic E-state index is 14.9. The molecule has 3 heterocycles. The van der Waals surface area contributed by atoms with E-state index < -0.39 is 93.0 Å². The van der Waals surface area contributed by atoms with Gasteiger partial charge in [0.1, 0.15) is 11.9 Å². The van der Waals surface area contributed by atoms with Gasteiger partial charge in [-0.1, -0.05) is 51.3 Å². The van der Waals surface area contributed by atoms with Crippen LogP contribution in [0.1, 0.15) is 109 Å². The molecule has 2 aromatic rings. The molecule has 4 fully saturated rings. The molecule has 2 saturated carbocycles. The second kappa shape index (κ2) is 15.7. The van der Waals surface area contributed by atoms with Crippen LogP contribution in [0.5, 0.6) is 11.6 Å². The summed E-state index contributed by atoms with van der Waals surface area (Å²) in [5.41, 5.74) is -4.18. The highest BCUT2D eigenvalue weighted by atomic mass is 32.2. The third-order valence-electron chi connectivity index (χ3n) is 12.7. The number of ether oxygens (including phenoxy) is 3. The zero-order valence-electron chi connectivity index (χ0n) is 35.9. The molecule has 2 saturated heterocycles. The van der Waals surface area contributed by atoms with E-state index in [4.69, 9.17) is 18.3 Å². The van der Waals surface area contributed by atoms with Gasteiger partial charge in [0, 0.05) is 23.6 Å². The van der Waals surface area contributed by atoms with E-state index in [9.17, 15) is 40.8 Å². The van der Waals surface area contributed by atoms with E-state index in [0.29, 0.717) is 49.3 Å². The first-order valence-corrected chi connectivity index (χ1v) is 21.2. The van der Waals surface area contributed by atoms with Crippen molar-refractivity contribution in [2.45, 2.75) is 134 Å². The Balaban J connectivity index is 1.35. The molecule has 2 aliphatic carbocycles. The number of Topliss-reactive ketones (excluding diaryl/α,β-unsaturated/α-hetero) is 1. The molecule has 1 aromatic carbocycles. The van der Waals surface area contributed by atoms with E-state index in [2.05, 4.69) is 9.71 Å². The number of ketones is 1. The molecular weight excluding hydrogens is 768 g/mol. The Morgan fingerprint density at radius 3 is 2.42 bits per heavy atom. The molecule has 1 aromatic heterocycles. The van der Waals surface area contributed by atoms with Crippen LogP contribution in [0, 0.1) is 29.1 Å². The number of carbonyl (C=O) groups excluding carboxylic acids is 4. The molecule has 12 nitrogen and oxygen atoms in total. The van der Waals surface area contributed by atoms with E-state index in [0.717, 1.165) is 20.3 Å². The van der Waals surface area contributed by atoms with Crippen LogP contribution < -0.4 is 14.2 Å². The highest BCUT2D eigenvalue weighted by molar-refractivity contribution is 7.91. The zero-order chi connectivity index (χ0) is 44.2. The predicted molar refractivity (Wildman–Crippen MR) is 203 cm³/mol. The summed E-state index contributed by atoms with van der Waals surface area (Å²) in [6, 6.07) is 5.36. The molecule has 314 valence electrons. The van der Waals surface area contributed by atoms with Crippen LogP contribution in [0.25, 0.3) is 10.8 Å². The van der Waals surface area contributed by atoms with Gasteiger partial charge >= 0.3 is 12.1 Å². The second-order valence-corrected chi connectivity index (χ2v) is 19.7. The standard InChI is InChI=1S/C41H54F3N3O9S/c1-24-11-7-8-12-26-20-40(26,37(51)46-57(52,53)39(5)15-16-39)21-32(48)31-18-27(55-35-29-14-10-9-13-28(29)33(54-6)22-45-35)23-47(31)36(50)30(25(2)17-24)19-34(49)56-38(3,4)41(42,43)44/h9-10,13-14,22,24-27,30-31H,7-8,11-12,15-21,23H2,1-6H3,(H,46,51)/t24-,25-,26-,27-,30+,31+,40-/m1/s1/i6D3. The van der Waals surface area contributed by atoms with Crippen LogP contribution in [0.15, 0.2) is 30.5 Å². The Labute approximate surface area is 336 Å². The topological polar surface area (TPSA) is 158 Å². The van der Waals surface area contributed by atoms with E-state index in [-0.39, 0.29) is 49.3 Å². The van der Waals surface area contributed by atoms with Gasteiger partial charge in [-0.15, -0.1) is 0 Å². The number of halogens is 3. The Hall–Kier alpha value is -3.95. The van der Waals surface area contributed by atoms with Gasteiger partial charge in [-0.2, -0.15) is 13.2 Å². The second-order valence-electron chi connectivity index (χ2n) is 17.5. The number of nitrogens with zero attached hydrogens (tertiary/aromatic N) is 2. The monoisotopic (exact) mass is 824 g/mol. The van der Waals surface area contributed by atoms with Crippen molar-refractivity contribution < 1.29 is 59.1 Å². The zero-order valence-corrected chi connectivity index (χ0v) is 33.8. The normalized spacial score (nSPS) is 30.7. The van der Waals surface area contributed by atoms with Gasteiger partial charge in [-0.3, -0.25) is 23.9 Å². The van der Waals surface area contributed by atoms with Crippen molar-refractivity contribution in [3.63, 3.8) is 0 Å². The van der Waals surface area contributed by atoms with Crippen molar-refractivity contribution in [3.05, 3.63) is 30.5 Å². The highest BCUT2D eigenvalue weighted by Crippen LogP contribution is 2.59. The number of rotatable bonds is 9. The molecule has 6 rings (SSSR count). The Kier molecular flexibility index (Phi) is 10.6. The number of sulfonamides is 1. The molecule has 0 radical (unpaired) electrons. The summed E-state index contributed by atoms with van der Waals surface area (Å²) in [6.45, 7) is 6.51. The van der Waals surface area contributed by atoms with Gasteiger partial charge in [0.2, 0.25) is 33.3 Å². The summed E-state index contributed by atoms with van der Waals surface area (Å²) in [5.74, 6) is -5.18. The third-order valence-corrected chi connectivity index (χ3v) is 14.9. The molecule has 4 aliphatic rings. The number of esters is 1. The first kappa shape index (κ1) is 38.6. The number of benzene rings is 1. The quantitative estimate of drug-likeness (QED) is 0.271. The molecule has 2 amide bonds. The lowest BCUT2D eigenvalue weighted by molar-refractivity contribution is -0.257. The SMILES string of the molecule is [2H]C([2H])([2H])Oc1cnc(O[C@@H]2C[C@H]3C(=O)C[C@]4(C(=O)NS(=O)(=O)C5(C)CC5)C[C@H]4CCCC[C@@H](C)C[C@@H](C)[C@H](CC(=O)OC(C)(C)C(F)(F)F)C(=O)N3C2)c2ccccc12. The number of nitrogens with one attached hydrogen (secondary N) is 1. The number of alkyl halides is 3. The van der Waals surface area contributed by atoms with Crippen LogP contribution in [-0.2, 0) is 33.9 Å². The van der Waals surface area contributed by atoms with E-state index in [1.165, 1.54) is 11.1 Å². The minimum atomic E-state index is -4.89. The van der Waals surface area contributed by atoms with Crippen LogP contribution in [0.4, 0.5) is 13.2 Å². The molecule has 7 atom stereocenters. The fourth-order valence-corrected chi connectivity index (χ4v) is 9.90. The van der Waals surface area contributed by atoms with E-state index in [1.807, 2.05) is 6.92 Å². The molecule has 2 aliphatic heterocycles. The van der Waals surface area contributed by atoms with Crippen molar-refractivity contribution in [3.8, 4) is 11.6 Å². The number of methoxy groups -OCH3 is 1. The average molecular weight is 825 g/mol. The molecule has 57 heavy (non-hydrogen) atoms. The van der Waals surface area contributed by atoms with Crippen molar-refractivity contribution >= 4 is 44.4 Å². The molecule has 16 heteroatoms. The first-order chi connectivity index (χ1) is 27.8. The smallest absolute Gasteiger partial charge is 0.427 e. The van der Waals surface area contributed by atoms with Crippen LogP contribution in [-0.4, -0.2) is 84.1 Å². The summed E-state index contributed by atoms with van der Waals surface area (Å²) in [5, 5.41) is 0.739. The van der Waals surface area contributed by atoms with Gasteiger partial charge in [0.25, 0.3) is 0 Å². The van der Waals surface area contributed by atoms with E-state index >= 15 is 0 Å². The summed E-state index contributed by atoms with van der Waals surface area (Å²) >= 11 is 0. The van der Waals surface area contributed by atoms with Gasteiger partial charge in [0.05, 0.1) is 52.4 Å². The van der Waals surface area contributed by atoms with Crippen LogP contribution >= 0.6 is 0 Å². The minimum Gasteiger partial charge on any atom is -0.494 e. The van der Waals surface area contributed by atoms with Crippen LogP contribution in [0.3, 0.4) is 0 Å². The lowest BCUT2D eigenvalue weighted by Crippen LogP contribution is -2.48. The van der Waals surface area contributed by atoms with Crippen molar-refractivity contribution in [1.29, 1.82) is 0 Å². The molecular formula is C41H54F3N3O9S. The van der Waals surface area contributed by atoms with E-state index in [1.54, 1.807) is 38.1 Å². The van der Waals surface area contributed by atoms with Crippen molar-refractivity contribution in [2.24, 2.45) is 29.1 Å². The Bertz CT molecular complexity index is 2110. The highest BCUT2D eigenvalue weighted by Gasteiger charge is 2.63. The fourth-order valence-electron chi connectivity index (χ4n) is 8.57. The lowest BCUT2D eigenvalue weighted by Gasteiger charge is -2.33. The lowest BCUT2D eigenvalue weighted by atomic mass is 9.81. The molecule has 0 unspecified atom stereocenters. The number of aromatic nitrogens is 1. The minimum absolute atomic E-state index is 0.0310. The Morgan fingerprint density at radius 1 is 1.07 bits per heavy atom. The first-order valence-electron chi connectivity index (χ1n) is 21.2. The molecule has 0 bridgehead atoms. The largest absolute Gasteiger partial charge is 0.494 e. The maximum absolute atomic E-state index is 14.9. The van der Waals surface area contributed by atoms with Gasteiger partial charge in [-0.05, 0) is 76.7 Å². The van der Waals surface area contributed by atoms with Gasteiger partial charge in [-0.25, -0.2) is 13.4 Å². The van der Waals surface area contributed by atoms with Crippen molar-refractivity contribution in [1.82, 2.24) is 14.6 Å². The number of pyridine rings is 1. The maximum Gasteiger partial charge on any atom is 0.427 e. The number of hydrogen-bond acceptors (Lipinski definition) is 10. The summed E-state index contributed by atoms with van der Waals surface area (Å²) in [6.07, 6.45) is -1.57. The average Bonchev–Trinajstić information content (AvgIpc) is 4.01. The number of amides is 2. The number of carbonyl (C=O) groups is 4. The number of hydrogen-bond donors (Lipinski definition) is 1. The summed E-state index contributed by atoms with van der Waals surface area (Å²) < 4.78 is 108. The summed E-state index contributed by atoms with van der Waals surface area (Å²) in [4.78, 5) is 62.4.